The minimum Gasteiger partial charge on any atom is -0.504 e. The van der Waals surface area contributed by atoms with Gasteiger partial charge in [-0.05, 0) is 6.92 Å². The fourth-order valence-electron chi connectivity index (χ4n) is 0.578. The summed E-state index contributed by atoms with van der Waals surface area (Å²) in [5, 5.41) is 17.1. The highest BCUT2D eigenvalue weighted by Gasteiger charge is 2.11. The summed E-state index contributed by atoms with van der Waals surface area (Å²) in [6, 6.07) is 1.07. The predicted molar refractivity (Wildman–Crippen MR) is 32.1 cm³/mol. The van der Waals surface area contributed by atoms with Gasteiger partial charge in [0.05, 0.1) is 0 Å². The van der Waals surface area contributed by atoms with Crippen LogP contribution >= 0.6 is 0 Å². The molecule has 10 heavy (non-hydrogen) atoms. The molecule has 0 aliphatic rings. The highest BCUT2D eigenvalue weighted by molar-refractivity contribution is 5.85. The van der Waals surface area contributed by atoms with Crippen LogP contribution in [0.3, 0.4) is 0 Å². The molecule has 0 aliphatic heterocycles. The molecule has 0 amide bonds. The number of carboxylic acid groups (broad SMARTS) is 1. The lowest BCUT2D eigenvalue weighted by Gasteiger charge is -1.82. The number of furan rings is 1. The molecule has 0 fully saturated rings. The highest BCUT2D eigenvalue weighted by atomic mass is 16.4. The SMILES string of the molecule is Cc1oc(C(=O)O)cc1O. The van der Waals surface area contributed by atoms with E-state index in [0.29, 0.717) is 0 Å². The third-order valence-corrected chi connectivity index (χ3v) is 1.10. The van der Waals surface area contributed by atoms with Gasteiger partial charge in [0.25, 0.3) is 0 Å². The first-order chi connectivity index (χ1) is 4.61. The van der Waals surface area contributed by atoms with Gasteiger partial charge in [0.1, 0.15) is 5.76 Å². The van der Waals surface area contributed by atoms with Crippen molar-refractivity contribution in [2.24, 2.45) is 0 Å². The Bertz CT molecular complexity index is 241. The lowest BCUT2D eigenvalue weighted by atomic mass is 10.4. The molecule has 54 valence electrons. The van der Waals surface area contributed by atoms with Crippen LogP contribution in [0.5, 0.6) is 5.75 Å². The quantitative estimate of drug-likeness (QED) is 0.613. The normalized spacial score (nSPS) is 9.70. The molecule has 1 heterocycles. The van der Waals surface area contributed by atoms with Gasteiger partial charge in [-0.15, -0.1) is 0 Å². The van der Waals surface area contributed by atoms with Crippen LogP contribution in [0, 0.1) is 6.92 Å². The van der Waals surface area contributed by atoms with E-state index in [1.165, 1.54) is 6.92 Å². The molecule has 0 spiro atoms. The molecular weight excluding hydrogens is 136 g/mol. The zero-order valence-electron chi connectivity index (χ0n) is 5.29. The van der Waals surface area contributed by atoms with Gasteiger partial charge in [-0.2, -0.15) is 0 Å². The van der Waals surface area contributed by atoms with Crippen LogP contribution in [0.1, 0.15) is 16.3 Å². The molecule has 2 N–H and O–H groups in total. The van der Waals surface area contributed by atoms with E-state index in [2.05, 4.69) is 4.42 Å². The van der Waals surface area contributed by atoms with E-state index in [4.69, 9.17) is 10.2 Å². The second kappa shape index (κ2) is 2.06. The van der Waals surface area contributed by atoms with Crippen LogP contribution < -0.4 is 0 Å². The Hall–Kier alpha value is -1.45. The van der Waals surface area contributed by atoms with Gasteiger partial charge in [0.2, 0.25) is 5.76 Å². The molecule has 0 aromatic carbocycles. The zero-order chi connectivity index (χ0) is 7.72. The Labute approximate surface area is 56.7 Å². The smallest absolute Gasteiger partial charge is 0.371 e. The van der Waals surface area contributed by atoms with Crippen LogP contribution in [-0.2, 0) is 0 Å². The molecule has 0 aliphatic carbocycles. The number of carbonyl (C=O) groups is 1. The second-order valence-electron chi connectivity index (χ2n) is 1.86. The van der Waals surface area contributed by atoms with Gasteiger partial charge in [-0.1, -0.05) is 0 Å². The summed E-state index contributed by atoms with van der Waals surface area (Å²) in [6.07, 6.45) is 0. The van der Waals surface area contributed by atoms with Crippen molar-refractivity contribution in [2.75, 3.05) is 0 Å². The summed E-state index contributed by atoms with van der Waals surface area (Å²) in [6.45, 7) is 1.49. The van der Waals surface area contributed by atoms with Crippen LogP contribution in [-0.4, -0.2) is 16.2 Å². The second-order valence-corrected chi connectivity index (χ2v) is 1.86. The minimum absolute atomic E-state index is 0.127. The molecule has 4 nitrogen and oxygen atoms in total. The van der Waals surface area contributed by atoms with Gasteiger partial charge in [-0.25, -0.2) is 4.79 Å². The van der Waals surface area contributed by atoms with Crippen molar-refractivity contribution >= 4 is 5.97 Å². The topological polar surface area (TPSA) is 70.7 Å². The van der Waals surface area contributed by atoms with Crippen molar-refractivity contribution in [3.63, 3.8) is 0 Å². The molecule has 0 unspecified atom stereocenters. The van der Waals surface area contributed by atoms with Crippen molar-refractivity contribution in [3.8, 4) is 5.75 Å². The average Bonchev–Trinajstić information content (AvgIpc) is 2.13. The van der Waals surface area contributed by atoms with Crippen LogP contribution in [0.4, 0.5) is 0 Å². The van der Waals surface area contributed by atoms with Gasteiger partial charge in [0, 0.05) is 6.07 Å². The van der Waals surface area contributed by atoms with E-state index in [1.807, 2.05) is 0 Å². The number of hydrogen-bond donors (Lipinski definition) is 2. The Kier molecular flexibility index (Phi) is 1.37. The molecule has 4 heteroatoms. The summed E-state index contributed by atoms with van der Waals surface area (Å²) in [5.74, 6) is -1.33. The van der Waals surface area contributed by atoms with Crippen molar-refractivity contribution in [2.45, 2.75) is 6.92 Å². The monoisotopic (exact) mass is 142 g/mol. The maximum absolute atomic E-state index is 10.2. The number of aryl methyl sites for hydroxylation is 1. The maximum Gasteiger partial charge on any atom is 0.371 e. The molecule has 0 saturated heterocycles. The Balaban J connectivity index is 3.10. The van der Waals surface area contributed by atoms with E-state index in [1.54, 1.807) is 0 Å². The third kappa shape index (κ3) is 0.953. The van der Waals surface area contributed by atoms with E-state index < -0.39 is 5.97 Å². The minimum atomic E-state index is -1.18. The largest absolute Gasteiger partial charge is 0.504 e. The molecule has 1 rings (SSSR count). The predicted octanol–water partition coefficient (Wildman–Crippen LogP) is 0.992. The van der Waals surface area contributed by atoms with E-state index in [0.717, 1.165) is 6.07 Å². The van der Waals surface area contributed by atoms with Gasteiger partial charge >= 0.3 is 5.97 Å². The van der Waals surface area contributed by atoms with Crippen LogP contribution in [0.25, 0.3) is 0 Å². The Morgan fingerprint density at radius 3 is 2.50 bits per heavy atom. The van der Waals surface area contributed by atoms with Gasteiger partial charge in [-0.3, -0.25) is 0 Å². The zero-order valence-corrected chi connectivity index (χ0v) is 5.29. The summed E-state index contributed by atoms with van der Waals surface area (Å²) in [5.41, 5.74) is 0. The first-order valence-corrected chi connectivity index (χ1v) is 2.64. The van der Waals surface area contributed by atoms with Gasteiger partial charge in [0.15, 0.2) is 5.75 Å². The molecule has 0 atom stereocenters. The van der Waals surface area contributed by atoms with E-state index in [9.17, 15) is 4.79 Å². The number of aromatic hydroxyl groups is 1. The molecule has 0 saturated carbocycles. The molecule has 0 bridgehead atoms. The fraction of sp³-hybridized carbons (Fsp3) is 0.167. The Morgan fingerprint density at radius 2 is 2.30 bits per heavy atom. The first kappa shape index (κ1) is 6.67. The number of aromatic carboxylic acids is 1. The van der Waals surface area contributed by atoms with Crippen LogP contribution in [0.2, 0.25) is 0 Å². The standard InChI is InChI=1S/C6H6O4/c1-3-4(7)2-5(10-3)6(8)9/h2,7H,1H3,(H,8,9). The molecule has 0 radical (unpaired) electrons. The first-order valence-electron chi connectivity index (χ1n) is 2.64. The van der Waals surface area contributed by atoms with E-state index >= 15 is 0 Å². The van der Waals surface area contributed by atoms with Gasteiger partial charge < -0.3 is 14.6 Å². The lowest BCUT2D eigenvalue weighted by molar-refractivity contribution is 0.0661. The third-order valence-electron chi connectivity index (χ3n) is 1.10. The molecule has 1 aromatic rings. The van der Waals surface area contributed by atoms with Crippen molar-refractivity contribution in [3.05, 3.63) is 17.6 Å². The summed E-state index contributed by atoms with van der Waals surface area (Å²) < 4.78 is 4.63. The number of rotatable bonds is 1. The summed E-state index contributed by atoms with van der Waals surface area (Å²) in [4.78, 5) is 10.2. The van der Waals surface area contributed by atoms with Crippen LogP contribution in [0.15, 0.2) is 10.5 Å². The van der Waals surface area contributed by atoms with Crippen molar-refractivity contribution in [1.82, 2.24) is 0 Å². The van der Waals surface area contributed by atoms with Crippen molar-refractivity contribution < 1.29 is 19.4 Å². The average molecular weight is 142 g/mol. The lowest BCUT2D eigenvalue weighted by Crippen LogP contribution is -1.91. The number of hydrogen-bond acceptors (Lipinski definition) is 3. The fourth-order valence-corrected chi connectivity index (χ4v) is 0.578. The Morgan fingerprint density at radius 1 is 1.70 bits per heavy atom. The van der Waals surface area contributed by atoms with Crippen molar-refractivity contribution in [1.29, 1.82) is 0 Å². The maximum atomic E-state index is 10.2. The summed E-state index contributed by atoms with van der Waals surface area (Å²) in [7, 11) is 0. The molecular formula is C6H6O4. The molecule has 1 aromatic heterocycles. The van der Waals surface area contributed by atoms with E-state index in [-0.39, 0.29) is 17.3 Å². The number of carboxylic acids is 1. The summed E-state index contributed by atoms with van der Waals surface area (Å²) >= 11 is 0. The highest BCUT2D eigenvalue weighted by Crippen LogP contribution is 2.20.